The summed E-state index contributed by atoms with van der Waals surface area (Å²) in [6.07, 6.45) is 4.47. The van der Waals surface area contributed by atoms with Gasteiger partial charge in [0.15, 0.2) is 6.39 Å². The molecule has 0 saturated heterocycles. The Morgan fingerprint density at radius 3 is 2.79 bits per heavy atom. The van der Waals surface area contributed by atoms with E-state index in [0.29, 0.717) is 0 Å². The Morgan fingerprint density at radius 1 is 1.21 bits per heavy atom. The number of oxazole rings is 1. The van der Waals surface area contributed by atoms with Gasteiger partial charge in [0.2, 0.25) is 0 Å². The first kappa shape index (κ1) is 8.90. The highest BCUT2D eigenvalue weighted by atomic mass is 32.1. The summed E-state index contributed by atoms with van der Waals surface area (Å²) in [5, 5.41) is 0. The minimum atomic E-state index is 1.10. The lowest BCUT2D eigenvalue weighted by Crippen LogP contribution is -1.61. The SMILES string of the molecule is c1ccc2scnc2c1.c1cocn1. The molecule has 3 nitrogen and oxygen atoms in total. The van der Waals surface area contributed by atoms with Gasteiger partial charge in [-0.1, -0.05) is 12.1 Å². The quantitative estimate of drug-likeness (QED) is 0.565. The van der Waals surface area contributed by atoms with Crippen LogP contribution in [0.5, 0.6) is 0 Å². The summed E-state index contributed by atoms with van der Waals surface area (Å²) in [6, 6.07) is 8.13. The smallest absolute Gasteiger partial charge is 0.180 e. The minimum absolute atomic E-state index is 1.10. The highest BCUT2D eigenvalue weighted by molar-refractivity contribution is 7.16. The van der Waals surface area contributed by atoms with Crippen molar-refractivity contribution in [3.8, 4) is 0 Å². The second-order valence-electron chi connectivity index (χ2n) is 2.50. The maximum absolute atomic E-state index is 4.47. The Labute approximate surface area is 85.0 Å². The molecule has 0 spiro atoms. The highest BCUT2D eigenvalue weighted by Crippen LogP contribution is 2.15. The molecule has 0 bridgehead atoms. The van der Waals surface area contributed by atoms with Gasteiger partial charge in [0, 0.05) is 0 Å². The van der Waals surface area contributed by atoms with Crippen LogP contribution in [0.1, 0.15) is 0 Å². The summed E-state index contributed by atoms with van der Waals surface area (Å²) in [5.74, 6) is 0. The van der Waals surface area contributed by atoms with Gasteiger partial charge in [-0.2, -0.15) is 0 Å². The third-order valence-electron chi connectivity index (χ3n) is 1.58. The molecular weight excluding hydrogens is 196 g/mol. The van der Waals surface area contributed by atoms with Gasteiger partial charge in [0.25, 0.3) is 0 Å². The Morgan fingerprint density at radius 2 is 2.14 bits per heavy atom. The van der Waals surface area contributed by atoms with Crippen LogP contribution < -0.4 is 0 Å². The average Bonchev–Trinajstić information content (AvgIpc) is 2.92. The summed E-state index contributed by atoms with van der Waals surface area (Å²) in [7, 11) is 0. The number of benzene rings is 1. The number of aromatic nitrogens is 2. The van der Waals surface area contributed by atoms with Crippen molar-refractivity contribution in [2.75, 3.05) is 0 Å². The molecule has 0 radical (unpaired) electrons. The molecule has 3 aromatic rings. The molecule has 0 aliphatic rings. The van der Waals surface area contributed by atoms with Crippen molar-refractivity contribution in [3.05, 3.63) is 48.6 Å². The van der Waals surface area contributed by atoms with Crippen molar-refractivity contribution >= 4 is 21.6 Å². The molecule has 0 fully saturated rings. The number of hydrogen-bond acceptors (Lipinski definition) is 4. The van der Waals surface area contributed by atoms with E-state index < -0.39 is 0 Å². The van der Waals surface area contributed by atoms with Crippen LogP contribution in [0.3, 0.4) is 0 Å². The first-order valence-electron chi connectivity index (χ1n) is 4.07. The normalized spacial score (nSPS) is 9.43. The van der Waals surface area contributed by atoms with Crippen LogP contribution in [-0.2, 0) is 0 Å². The first-order chi connectivity index (χ1) is 6.97. The van der Waals surface area contributed by atoms with E-state index in [2.05, 4.69) is 20.5 Å². The topological polar surface area (TPSA) is 38.9 Å². The van der Waals surface area contributed by atoms with Gasteiger partial charge in [-0.3, -0.25) is 0 Å². The van der Waals surface area contributed by atoms with Crippen LogP contribution >= 0.6 is 11.3 Å². The van der Waals surface area contributed by atoms with E-state index in [0.717, 1.165) is 5.52 Å². The molecule has 14 heavy (non-hydrogen) atoms. The van der Waals surface area contributed by atoms with E-state index in [1.165, 1.54) is 17.4 Å². The van der Waals surface area contributed by atoms with Crippen molar-refractivity contribution in [2.24, 2.45) is 0 Å². The van der Waals surface area contributed by atoms with Gasteiger partial charge in [-0.25, -0.2) is 9.97 Å². The van der Waals surface area contributed by atoms with Gasteiger partial charge in [0.1, 0.15) is 6.26 Å². The van der Waals surface area contributed by atoms with Gasteiger partial charge >= 0.3 is 0 Å². The van der Waals surface area contributed by atoms with Crippen molar-refractivity contribution in [3.63, 3.8) is 0 Å². The van der Waals surface area contributed by atoms with Crippen LogP contribution in [0.4, 0.5) is 0 Å². The summed E-state index contributed by atoms with van der Waals surface area (Å²) < 4.78 is 5.73. The van der Waals surface area contributed by atoms with E-state index in [4.69, 9.17) is 0 Å². The Bertz CT molecular complexity index is 428. The maximum Gasteiger partial charge on any atom is 0.180 e. The van der Waals surface area contributed by atoms with Gasteiger partial charge in [-0.05, 0) is 12.1 Å². The summed E-state index contributed by atoms with van der Waals surface area (Å²) in [6.45, 7) is 0. The molecule has 2 heterocycles. The fourth-order valence-corrected chi connectivity index (χ4v) is 1.66. The van der Waals surface area contributed by atoms with Crippen LogP contribution in [0.2, 0.25) is 0 Å². The van der Waals surface area contributed by atoms with Crippen LogP contribution in [0, 0.1) is 0 Å². The molecule has 0 unspecified atom stereocenters. The van der Waals surface area contributed by atoms with Crippen LogP contribution in [0.25, 0.3) is 10.2 Å². The number of rotatable bonds is 0. The number of fused-ring (bicyclic) bond motifs is 1. The molecule has 0 atom stereocenters. The predicted molar refractivity (Wildman–Crippen MR) is 56.1 cm³/mol. The van der Waals surface area contributed by atoms with E-state index in [1.807, 2.05) is 23.7 Å². The van der Waals surface area contributed by atoms with Crippen molar-refractivity contribution in [1.29, 1.82) is 0 Å². The second-order valence-corrected chi connectivity index (χ2v) is 3.38. The summed E-state index contributed by atoms with van der Waals surface area (Å²) in [5.41, 5.74) is 2.97. The molecule has 0 aliphatic heterocycles. The Balaban J connectivity index is 0.000000128. The standard InChI is InChI=1S/C7H5NS.C3H3NO/c1-2-4-7-6(3-1)8-5-9-7;1-2-5-3-4-1/h1-5H;1-3H. The zero-order chi connectivity index (χ0) is 9.64. The lowest BCUT2D eigenvalue weighted by Gasteiger charge is -1.80. The van der Waals surface area contributed by atoms with Crippen molar-refractivity contribution < 1.29 is 4.42 Å². The fourth-order valence-electron chi connectivity index (χ4n) is 0.979. The average molecular weight is 204 g/mol. The largest absolute Gasteiger partial charge is 0.452 e. The first-order valence-corrected chi connectivity index (χ1v) is 4.95. The molecule has 0 N–H and O–H groups in total. The molecule has 0 amide bonds. The molecule has 4 heteroatoms. The minimum Gasteiger partial charge on any atom is -0.452 e. The van der Waals surface area contributed by atoms with Crippen LogP contribution in [0.15, 0.2) is 53.0 Å². The van der Waals surface area contributed by atoms with Gasteiger partial charge < -0.3 is 4.42 Å². The monoisotopic (exact) mass is 204 g/mol. The maximum atomic E-state index is 4.47. The molecule has 0 aliphatic carbocycles. The lowest BCUT2D eigenvalue weighted by atomic mass is 10.3. The van der Waals surface area contributed by atoms with E-state index in [-0.39, 0.29) is 0 Å². The highest BCUT2D eigenvalue weighted by Gasteiger charge is 1.89. The van der Waals surface area contributed by atoms with Gasteiger partial charge in [-0.15, -0.1) is 11.3 Å². The molecule has 3 rings (SSSR count). The van der Waals surface area contributed by atoms with Gasteiger partial charge in [0.05, 0.1) is 21.9 Å². The number of thiazole rings is 1. The number of para-hydroxylation sites is 1. The molecule has 1 aromatic carbocycles. The van der Waals surface area contributed by atoms with Crippen molar-refractivity contribution in [1.82, 2.24) is 9.97 Å². The fraction of sp³-hybridized carbons (Fsp3) is 0. The predicted octanol–water partition coefficient (Wildman–Crippen LogP) is 2.97. The summed E-state index contributed by atoms with van der Waals surface area (Å²) >= 11 is 1.68. The zero-order valence-electron chi connectivity index (χ0n) is 7.33. The lowest BCUT2D eigenvalue weighted by molar-refractivity contribution is 0.558. The van der Waals surface area contributed by atoms with Crippen LogP contribution in [-0.4, -0.2) is 9.97 Å². The number of hydrogen-bond donors (Lipinski definition) is 0. The third kappa shape index (κ3) is 2.17. The zero-order valence-corrected chi connectivity index (χ0v) is 8.15. The van der Waals surface area contributed by atoms with E-state index in [1.54, 1.807) is 17.5 Å². The second kappa shape index (κ2) is 4.53. The van der Waals surface area contributed by atoms with E-state index >= 15 is 0 Å². The van der Waals surface area contributed by atoms with E-state index in [9.17, 15) is 0 Å². The third-order valence-corrected chi connectivity index (χ3v) is 2.39. The molecule has 70 valence electrons. The molecule has 2 aromatic heterocycles. The number of nitrogens with zero attached hydrogens (tertiary/aromatic N) is 2. The molecule has 0 saturated carbocycles. The summed E-state index contributed by atoms with van der Waals surface area (Å²) in [4.78, 5) is 7.69. The Hall–Kier alpha value is -1.68. The van der Waals surface area contributed by atoms with Crippen molar-refractivity contribution in [2.45, 2.75) is 0 Å². The Kier molecular flexibility index (Phi) is 2.88. The molecular formula is C10H8N2OS.